The van der Waals surface area contributed by atoms with Crippen LogP contribution in [0.3, 0.4) is 0 Å². The van der Waals surface area contributed by atoms with Gasteiger partial charge in [0.15, 0.2) is 0 Å². The molecule has 7 heteroatoms. The summed E-state index contributed by atoms with van der Waals surface area (Å²) < 4.78 is 20.0. The monoisotopic (exact) mass is 368 g/mol. The average molecular weight is 369 g/mol. The molecule has 0 N–H and O–H groups in total. The number of rotatable bonds is 4. The molecule has 2 aromatic rings. The number of Topliss-reactive ketones (excluding diaryl/α,β-unsaturated/α-hetero) is 1. The van der Waals surface area contributed by atoms with Gasteiger partial charge in [-0.15, -0.1) is 0 Å². The Hall–Kier alpha value is -2.02. The van der Waals surface area contributed by atoms with Crippen LogP contribution < -0.4 is 0 Å². The lowest BCUT2D eigenvalue weighted by atomic mass is 10.1. The van der Waals surface area contributed by atoms with Crippen molar-refractivity contribution in [3.8, 4) is 0 Å². The fraction of sp³-hybridized carbons (Fsp3) is 0.267. The number of halogens is 2. The first kappa shape index (κ1) is 16.4. The predicted octanol–water partition coefficient (Wildman–Crippen LogP) is 2.86. The van der Waals surface area contributed by atoms with Crippen molar-refractivity contribution in [2.75, 3.05) is 0 Å². The van der Waals surface area contributed by atoms with Crippen molar-refractivity contribution < 1.29 is 18.7 Å². The standard InChI is InChI=1S/C15H14BrFN2O3/c1-8-13(9(2)19(3)18-8)14(20)15(21)22-7-10-4-5-11(17)6-12(10)16/h4-6H,7H2,1-3H3. The maximum absolute atomic E-state index is 13.0. The third-order valence-electron chi connectivity index (χ3n) is 3.30. The first-order chi connectivity index (χ1) is 10.3. The molecule has 116 valence electrons. The fourth-order valence-electron chi connectivity index (χ4n) is 2.05. The van der Waals surface area contributed by atoms with Gasteiger partial charge in [-0.25, -0.2) is 9.18 Å². The van der Waals surface area contributed by atoms with Gasteiger partial charge < -0.3 is 4.74 Å². The number of nitrogens with zero attached hydrogens (tertiary/aromatic N) is 2. The van der Waals surface area contributed by atoms with Crippen LogP contribution in [0.5, 0.6) is 0 Å². The Bertz CT molecular complexity index is 755. The van der Waals surface area contributed by atoms with Crippen molar-refractivity contribution >= 4 is 27.7 Å². The summed E-state index contributed by atoms with van der Waals surface area (Å²) in [5.74, 6) is -2.10. The molecule has 0 saturated carbocycles. The Morgan fingerprint density at radius 2 is 2.05 bits per heavy atom. The quantitative estimate of drug-likeness (QED) is 0.473. The molecule has 0 amide bonds. The third-order valence-corrected chi connectivity index (χ3v) is 4.03. The summed E-state index contributed by atoms with van der Waals surface area (Å²) in [7, 11) is 1.69. The minimum Gasteiger partial charge on any atom is -0.455 e. The average Bonchev–Trinajstić information content (AvgIpc) is 2.70. The van der Waals surface area contributed by atoms with E-state index in [2.05, 4.69) is 21.0 Å². The SMILES string of the molecule is Cc1nn(C)c(C)c1C(=O)C(=O)OCc1ccc(F)cc1Br. The van der Waals surface area contributed by atoms with E-state index in [-0.39, 0.29) is 12.2 Å². The number of ketones is 1. The molecule has 0 aliphatic rings. The molecular formula is C15H14BrFN2O3. The van der Waals surface area contributed by atoms with Crippen LogP contribution in [0.2, 0.25) is 0 Å². The summed E-state index contributed by atoms with van der Waals surface area (Å²) in [5.41, 5.74) is 1.90. The van der Waals surface area contributed by atoms with Crippen LogP contribution in [-0.4, -0.2) is 21.5 Å². The van der Waals surface area contributed by atoms with Crippen molar-refractivity contribution in [2.45, 2.75) is 20.5 Å². The molecule has 1 aromatic carbocycles. The summed E-state index contributed by atoms with van der Waals surface area (Å²) in [6.45, 7) is 3.24. The first-order valence-corrected chi connectivity index (χ1v) is 7.26. The van der Waals surface area contributed by atoms with E-state index >= 15 is 0 Å². The van der Waals surface area contributed by atoms with Crippen LogP contribution in [-0.2, 0) is 23.2 Å². The predicted molar refractivity (Wildman–Crippen MR) is 80.9 cm³/mol. The Balaban J connectivity index is 2.10. The van der Waals surface area contributed by atoms with Gasteiger partial charge in [0.05, 0.1) is 11.3 Å². The van der Waals surface area contributed by atoms with E-state index in [0.717, 1.165) is 0 Å². The van der Waals surface area contributed by atoms with Crippen molar-refractivity contribution in [1.82, 2.24) is 9.78 Å². The highest BCUT2D eigenvalue weighted by Crippen LogP contribution is 2.19. The number of carbonyl (C=O) groups is 2. The lowest BCUT2D eigenvalue weighted by molar-refractivity contribution is -0.139. The van der Waals surface area contributed by atoms with Gasteiger partial charge in [-0.3, -0.25) is 9.48 Å². The normalized spacial score (nSPS) is 10.6. The Labute approximate surface area is 135 Å². The second-order valence-electron chi connectivity index (χ2n) is 4.81. The number of esters is 1. The number of carbonyl (C=O) groups excluding carboxylic acids is 2. The highest BCUT2D eigenvalue weighted by atomic mass is 79.9. The van der Waals surface area contributed by atoms with Crippen LogP contribution in [0.25, 0.3) is 0 Å². The second kappa shape index (κ2) is 6.39. The van der Waals surface area contributed by atoms with Crippen molar-refractivity contribution in [3.05, 3.63) is 51.0 Å². The summed E-state index contributed by atoms with van der Waals surface area (Å²) in [6, 6.07) is 4.00. The molecular weight excluding hydrogens is 355 g/mol. The van der Waals surface area contributed by atoms with Gasteiger partial charge in [-0.05, 0) is 26.0 Å². The molecule has 1 aromatic heterocycles. The van der Waals surface area contributed by atoms with Crippen LogP contribution >= 0.6 is 15.9 Å². The molecule has 0 unspecified atom stereocenters. The van der Waals surface area contributed by atoms with Gasteiger partial charge in [-0.2, -0.15) is 5.10 Å². The molecule has 0 radical (unpaired) electrons. The van der Waals surface area contributed by atoms with E-state index in [1.807, 2.05) is 0 Å². The van der Waals surface area contributed by atoms with Gasteiger partial charge in [0.25, 0.3) is 5.78 Å². The van der Waals surface area contributed by atoms with Gasteiger partial charge in [0.2, 0.25) is 0 Å². The van der Waals surface area contributed by atoms with Gasteiger partial charge >= 0.3 is 5.97 Å². The number of hydrogen-bond acceptors (Lipinski definition) is 4. The van der Waals surface area contributed by atoms with Crippen molar-refractivity contribution in [3.63, 3.8) is 0 Å². The van der Waals surface area contributed by atoms with Gasteiger partial charge in [0, 0.05) is 22.8 Å². The molecule has 0 atom stereocenters. The topological polar surface area (TPSA) is 61.2 Å². The van der Waals surface area contributed by atoms with E-state index in [1.165, 1.54) is 22.9 Å². The van der Waals surface area contributed by atoms with E-state index in [1.54, 1.807) is 20.9 Å². The molecule has 22 heavy (non-hydrogen) atoms. The minimum atomic E-state index is -0.963. The molecule has 5 nitrogen and oxygen atoms in total. The molecule has 1 heterocycles. The van der Waals surface area contributed by atoms with E-state index < -0.39 is 17.6 Å². The van der Waals surface area contributed by atoms with E-state index in [9.17, 15) is 14.0 Å². The van der Waals surface area contributed by atoms with Crippen LogP contribution in [0.1, 0.15) is 27.3 Å². The Morgan fingerprint density at radius 3 is 2.59 bits per heavy atom. The van der Waals surface area contributed by atoms with Gasteiger partial charge in [0.1, 0.15) is 12.4 Å². The van der Waals surface area contributed by atoms with E-state index in [4.69, 9.17) is 4.74 Å². The lowest BCUT2D eigenvalue weighted by Crippen LogP contribution is -2.19. The molecule has 0 saturated heterocycles. The van der Waals surface area contributed by atoms with Gasteiger partial charge in [-0.1, -0.05) is 22.0 Å². The number of aromatic nitrogens is 2. The molecule has 0 bridgehead atoms. The molecule has 2 rings (SSSR count). The summed E-state index contributed by atoms with van der Waals surface area (Å²) in [4.78, 5) is 24.1. The summed E-state index contributed by atoms with van der Waals surface area (Å²) >= 11 is 3.18. The van der Waals surface area contributed by atoms with E-state index in [0.29, 0.717) is 21.4 Å². The molecule has 0 aliphatic heterocycles. The summed E-state index contributed by atoms with van der Waals surface area (Å²) in [6.07, 6.45) is 0. The van der Waals surface area contributed by atoms with Crippen molar-refractivity contribution in [2.24, 2.45) is 7.05 Å². The Morgan fingerprint density at radius 1 is 1.36 bits per heavy atom. The van der Waals surface area contributed by atoms with Crippen LogP contribution in [0, 0.1) is 19.7 Å². The Kier molecular flexibility index (Phi) is 4.75. The number of benzene rings is 1. The number of aryl methyl sites for hydroxylation is 2. The largest absolute Gasteiger partial charge is 0.455 e. The highest BCUT2D eigenvalue weighted by molar-refractivity contribution is 9.10. The highest BCUT2D eigenvalue weighted by Gasteiger charge is 2.25. The smallest absolute Gasteiger partial charge is 0.380 e. The lowest BCUT2D eigenvalue weighted by Gasteiger charge is -2.06. The summed E-state index contributed by atoms with van der Waals surface area (Å²) in [5, 5.41) is 4.10. The second-order valence-corrected chi connectivity index (χ2v) is 5.66. The number of ether oxygens (including phenoxy) is 1. The van der Waals surface area contributed by atoms with Crippen molar-refractivity contribution in [1.29, 1.82) is 0 Å². The minimum absolute atomic E-state index is 0.121. The zero-order chi connectivity index (χ0) is 16.4. The first-order valence-electron chi connectivity index (χ1n) is 6.47. The third kappa shape index (κ3) is 3.24. The van der Waals surface area contributed by atoms with Crippen LogP contribution in [0.4, 0.5) is 4.39 Å². The molecule has 0 aliphatic carbocycles. The maximum Gasteiger partial charge on any atom is 0.380 e. The molecule has 0 fully saturated rings. The van der Waals surface area contributed by atoms with Crippen LogP contribution in [0.15, 0.2) is 22.7 Å². The fourth-order valence-corrected chi connectivity index (χ4v) is 2.52. The molecule has 0 spiro atoms. The number of hydrogen-bond donors (Lipinski definition) is 0. The maximum atomic E-state index is 13.0. The zero-order valence-corrected chi connectivity index (χ0v) is 13.9. The zero-order valence-electron chi connectivity index (χ0n) is 12.3.